The average molecular weight is 221 g/mol. The summed E-state index contributed by atoms with van der Waals surface area (Å²) < 4.78 is 17.7. The van der Waals surface area contributed by atoms with Crippen LogP contribution in [-0.4, -0.2) is 35.6 Å². The molecule has 0 spiro atoms. The minimum Gasteiger partial charge on any atom is -0.444 e. The van der Waals surface area contributed by atoms with Crippen LogP contribution in [0, 0.1) is 0 Å². The minimum absolute atomic E-state index is 0.0791. The van der Waals surface area contributed by atoms with E-state index in [1.165, 1.54) is 0 Å². The molecular formula is C10H20FNO3. The number of nitrogens with one attached hydrogen (secondary N) is 1. The number of aliphatic hydroxyl groups is 1. The second-order valence-electron chi connectivity index (χ2n) is 4.56. The Morgan fingerprint density at radius 1 is 1.53 bits per heavy atom. The lowest BCUT2D eigenvalue weighted by Crippen LogP contribution is -2.39. The first-order valence-electron chi connectivity index (χ1n) is 4.99. The number of ether oxygens (including phenoxy) is 1. The van der Waals surface area contributed by atoms with Crippen molar-refractivity contribution in [2.75, 3.05) is 6.61 Å². The Morgan fingerprint density at radius 3 is 2.47 bits per heavy atom. The second-order valence-corrected chi connectivity index (χ2v) is 4.56. The number of carbonyl (C=O) groups excluding carboxylic acids is 1. The molecule has 0 unspecified atom stereocenters. The smallest absolute Gasteiger partial charge is 0.407 e. The Kier molecular flexibility index (Phi) is 5.57. The van der Waals surface area contributed by atoms with E-state index in [-0.39, 0.29) is 12.5 Å². The molecule has 0 rings (SSSR count). The summed E-state index contributed by atoms with van der Waals surface area (Å²) in [7, 11) is 0. The van der Waals surface area contributed by atoms with E-state index in [4.69, 9.17) is 9.84 Å². The molecule has 0 aromatic heterocycles. The monoisotopic (exact) mass is 221 g/mol. The molecule has 15 heavy (non-hydrogen) atoms. The third kappa shape index (κ3) is 8.17. The Bertz CT molecular complexity index is 203. The zero-order valence-corrected chi connectivity index (χ0v) is 9.71. The van der Waals surface area contributed by atoms with Crippen LogP contribution in [0.3, 0.4) is 0 Å². The summed E-state index contributed by atoms with van der Waals surface area (Å²) in [4.78, 5) is 11.2. The highest BCUT2D eigenvalue weighted by molar-refractivity contribution is 5.67. The molecule has 0 heterocycles. The fourth-order valence-electron chi connectivity index (χ4n) is 1.03. The molecule has 5 heteroatoms. The van der Waals surface area contributed by atoms with Crippen molar-refractivity contribution >= 4 is 6.09 Å². The third-order valence-electron chi connectivity index (χ3n) is 1.57. The zero-order chi connectivity index (χ0) is 12.1. The quantitative estimate of drug-likeness (QED) is 0.758. The first-order chi connectivity index (χ1) is 6.74. The van der Waals surface area contributed by atoms with Gasteiger partial charge in [0.15, 0.2) is 0 Å². The number of hydrogen-bond donors (Lipinski definition) is 2. The van der Waals surface area contributed by atoms with E-state index >= 15 is 0 Å². The molecule has 2 N–H and O–H groups in total. The Morgan fingerprint density at radius 2 is 2.07 bits per heavy atom. The number of alkyl halides is 1. The van der Waals surface area contributed by atoms with Gasteiger partial charge in [-0.25, -0.2) is 9.18 Å². The van der Waals surface area contributed by atoms with Crippen LogP contribution < -0.4 is 5.32 Å². The average Bonchev–Trinajstić information content (AvgIpc) is 1.99. The predicted octanol–water partition coefficient (Wildman–Crippen LogP) is 1.62. The fourth-order valence-corrected chi connectivity index (χ4v) is 1.03. The van der Waals surface area contributed by atoms with Crippen LogP contribution in [0.1, 0.15) is 34.1 Å². The van der Waals surface area contributed by atoms with Crippen molar-refractivity contribution in [3.63, 3.8) is 0 Å². The van der Waals surface area contributed by atoms with Crippen LogP contribution in [0.15, 0.2) is 0 Å². The summed E-state index contributed by atoms with van der Waals surface area (Å²) >= 11 is 0. The van der Waals surface area contributed by atoms with Gasteiger partial charge in [0, 0.05) is 12.5 Å². The normalized spacial score (nSPS) is 15.6. The van der Waals surface area contributed by atoms with Gasteiger partial charge in [-0.05, 0) is 27.7 Å². The molecule has 1 amide bonds. The summed E-state index contributed by atoms with van der Waals surface area (Å²) in [5.41, 5.74) is -0.560. The largest absolute Gasteiger partial charge is 0.444 e. The molecule has 0 aliphatic heterocycles. The van der Waals surface area contributed by atoms with E-state index in [0.717, 1.165) is 0 Å². The van der Waals surface area contributed by atoms with Crippen LogP contribution in [-0.2, 0) is 4.74 Å². The van der Waals surface area contributed by atoms with Crippen molar-refractivity contribution in [1.29, 1.82) is 0 Å². The van der Waals surface area contributed by atoms with Crippen molar-refractivity contribution in [1.82, 2.24) is 5.32 Å². The van der Waals surface area contributed by atoms with Gasteiger partial charge < -0.3 is 15.2 Å². The third-order valence-corrected chi connectivity index (χ3v) is 1.57. The first kappa shape index (κ1) is 14.2. The van der Waals surface area contributed by atoms with Gasteiger partial charge in [-0.15, -0.1) is 0 Å². The molecule has 0 fully saturated rings. The van der Waals surface area contributed by atoms with Gasteiger partial charge in [0.05, 0.1) is 6.61 Å². The number of amides is 1. The van der Waals surface area contributed by atoms with Gasteiger partial charge in [0.25, 0.3) is 0 Å². The zero-order valence-electron chi connectivity index (χ0n) is 9.71. The lowest BCUT2D eigenvalue weighted by molar-refractivity contribution is 0.0494. The van der Waals surface area contributed by atoms with E-state index in [0.29, 0.717) is 0 Å². The van der Waals surface area contributed by atoms with Gasteiger partial charge in [-0.2, -0.15) is 0 Å². The highest BCUT2D eigenvalue weighted by atomic mass is 19.1. The molecule has 0 radical (unpaired) electrons. The van der Waals surface area contributed by atoms with Crippen molar-refractivity contribution in [2.45, 2.75) is 51.9 Å². The number of hydrogen-bond acceptors (Lipinski definition) is 3. The lowest BCUT2D eigenvalue weighted by Gasteiger charge is -2.22. The van der Waals surface area contributed by atoms with Gasteiger partial charge in [-0.3, -0.25) is 0 Å². The highest BCUT2D eigenvalue weighted by Crippen LogP contribution is 2.08. The molecule has 2 atom stereocenters. The number of halogens is 1. The number of rotatable bonds is 4. The van der Waals surface area contributed by atoms with Gasteiger partial charge in [0.1, 0.15) is 11.8 Å². The minimum atomic E-state index is -1.31. The fraction of sp³-hybridized carbons (Fsp3) is 0.900. The molecule has 0 aromatic carbocycles. The van der Waals surface area contributed by atoms with Gasteiger partial charge in [-0.1, -0.05) is 0 Å². The summed E-state index contributed by atoms with van der Waals surface area (Å²) in [6.45, 7) is 6.39. The van der Waals surface area contributed by atoms with E-state index < -0.39 is 24.5 Å². The second kappa shape index (κ2) is 5.90. The Labute approximate surface area is 89.8 Å². The number of alkyl carbamates (subject to hydrolysis) is 1. The standard InChI is InChI=1S/C10H20FNO3/c1-7(5-8(11)6-13)12-9(14)15-10(2,3)4/h7-8,13H,5-6H2,1-4H3,(H,12,14)/t7-,8+/m1/s1. The first-order valence-corrected chi connectivity index (χ1v) is 4.99. The SMILES string of the molecule is C[C@H](C[C@H](F)CO)NC(=O)OC(C)(C)C. The molecule has 0 bridgehead atoms. The molecule has 0 saturated carbocycles. The lowest BCUT2D eigenvalue weighted by atomic mass is 10.1. The molecule has 0 aliphatic rings. The maximum atomic E-state index is 12.7. The molecule has 0 aromatic rings. The van der Waals surface area contributed by atoms with Crippen LogP contribution in [0.2, 0.25) is 0 Å². The van der Waals surface area contributed by atoms with Crippen molar-refractivity contribution in [2.24, 2.45) is 0 Å². The molecule has 0 saturated heterocycles. The molecular weight excluding hydrogens is 201 g/mol. The molecule has 0 aliphatic carbocycles. The maximum Gasteiger partial charge on any atom is 0.407 e. The van der Waals surface area contributed by atoms with E-state index in [1.807, 2.05) is 0 Å². The Hall–Kier alpha value is -0.840. The molecule has 90 valence electrons. The van der Waals surface area contributed by atoms with Gasteiger partial charge >= 0.3 is 6.09 Å². The highest BCUT2D eigenvalue weighted by Gasteiger charge is 2.19. The summed E-state index contributed by atoms with van der Waals surface area (Å²) in [5, 5.41) is 11.0. The van der Waals surface area contributed by atoms with E-state index in [9.17, 15) is 9.18 Å². The number of aliphatic hydroxyl groups excluding tert-OH is 1. The Balaban J connectivity index is 3.87. The predicted molar refractivity (Wildman–Crippen MR) is 55.4 cm³/mol. The summed E-state index contributed by atoms with van der Waals surface area (Å²) in [6.07, 6.45) is -1.80. The summed E-state index contributed by atoms with van der Waals surface area (Å²) in [6, 6.07) is -0.359. The van der Waals surface area contributed by atoms with E-state index in [2.05, 4.69) is 5.32 Å². The van der Waals surface area contributed by atoms with E-state index in [1.54, 1.807) is 27.7 Å². The topological polar surface area (TPSA) is 58.6 Å². The van der Waals surface area contributed by atoms with Crippen LogP contribution in [0.25, 0.3) is 0 Å². The van der Waals surface area contributed by atoms with Crippen molar-refractivity contribution in [3.05, 3.63) is 0 Å². The summed E-state index contributed by atoms with van der Waals surface area (Å²) in [5.74, 6) is 0. The number of carbonyl (C=O) groups is 1. The van der Waals surface area contributed by atoms with Gasteiger partial charge in [0.2, 0.25) is 0 Å². The van der Waals surface area contributed by atoms with Crippen LogP contribution in [0.5, 0.6) is 0 Å². The van der Waals surface area contributed by atoms with Crippen molar-refractivity contribution in [3.8, 4) is 0 Å². The van der Waals surface area contributed by atoms with Crippen LogP contribution in [0.4, 0.5) is 9.18 Å². The molecule has 4 nitrogen and oxygen atoms in total. The van der Waals surface area contributed by atoms with Crippen LogP contribution >= 0.6 is 0 Å². The maximum absolute atomic E-state index is 12.7. The van der Waals surface area contributed by atoms with Crippen molar-refractivity contribution < 1.29 is 19.0 Å².